The summed E-state index contributed by atoms with van der Waals surface area (Å²) in [6.45, 7) is 2.24. The summed E-state index contributed by atoms with van der Waals surface area (Å²) in [5.41, 5.74) is 4.31. The molecule has 1 aromatic heterocycles. The number of hydrogen-bond donors (Lipinski definition) is 1. The Morgan fingerprint density at radius 2 is 1.76 bits per heavy atom. The first-order valence-electron chi connectivity index (χ1n) is 11.7. The smallest absolute Gasteiger partial charge is 0.267 e. The van der Waals surface area contributed by atoms with Crippen LogP contribution in [-0.4, -0.2) is 47.2 Å². The lowest BCUT2D eigenvalue weighted by molar-refractivity contribution is 0.0742. The van der Waals surface area contributed by atoms with Crippen LogP contribution in [0.15, 0.2) is 47.3 Å². The first kappa shape index (κ1) is 22.6. The van der Waals surface area contributed by atoms with Gasteiger partial charge in [0.05, 0.1) is 22.0 Å². The van der Waals surface area contributed by atoms with Gasteiger partial charge in [-0.25, -0.2) is 9.49 Å². The zero-order valence-electron chi connectivity index (χ0n) is 18.8. The SMILES string of the molecule is O=C(c1cc(Cc2n[nH]c(=O)c3c2CCCC3)ccc1F)N1CCN(c2ccccc2Cl)CC1. The van der Waals surface area contributed by atoms with E-state index in [1.54, 1.807) is 17.0 Å². The minimum Gasteiger partial charge on any atom is -0.367 e. The summed E-state index contributed by atoms with van der Waals surface area (Å²) in [4.78, 5) is 29.2. The molecule has 1 aliphatic heterocycles. The summed E-state index contributed by atoms with van der Waals surface area (Å²) in [6.07, 6.45) is 4.05. The maximum Gasteiger partial charge on any atom is 0.267 e. The molecule has 0 atom stereocenters. The van der Waals surface area contributed by atoms with Crippen molar-refractivity contribution >= 4 is 23.2 Å². The van der Waals surface area contributed by atoms with Crippen molar-refractivity contribution in [3.05, 3.63) is 91.6 Å². The summed E-state index contributed by atoms with van der Waals surface area (Å²) >= 11 is 6.31. The van der Waals surface area contributed by atoms with Gasteiger partial charge in [-0.2, -0.15) is 5.10 Å². The average Bonchev–Trinajstić information content (AvgIpc) is 2.87. The summed E-state index contributed by atoms with van der Waals surface area (Å²) in [5, 5.41) is 7.56. The summed E-state index contributed by atoms with van der Waals surface area (Å²) in [6, 6.07) is 12.3. The van der Waals surface area contributed by atoms with Gasteiger partial charge in [-0.1, -0.05) is 29.8 Å². The zero-order chi connectivity index (χ0) is 23.7. The fourth-order valence-electron chi connectivity index (χ4n) is 4.94. The number of anilines is 1. The van der Waals surface area contributed by atoms with Crippen molar-refractivity contribution in [1.29, 1.82) is 0 Å². The summed E-state index contributed by atoms with van der Waals surface area (Å²) < 4.78 is 14.7. The maximum atomic E-state index is 14.7. The molecule has 34 heavy (non-hydrogen) atoms. The number of piperazine rings is 1. The van der Waals surface area contributed by atoms with Crippen molar-refractivity contribution in [3.8, 4) is 0 Å². The number of nitrogens with zero attached hydrogens (tertiary/aromatic N) is 3. The molecule has 2 heterocycles. The number of carbonyl (C=O) groups excluding carboxylic acids is 1. The third-order valence-electron chi connectivity index (χ3n) is 6.78. The van der Waals surface area contributed by atoms with Crippen molar-refractivity contribution < 1.29 is 9.18 Å². The number of H-pyrrole nitrogens is 1. The number of benzene rings is 2. The summed E-state index contributed by atoms with van der Waals surface area (Å²) in [7, 11) is 0. The van der Waals surface area contributed by atoms with Gasteiger partial charge in [0.25, 0.3) is 11.5 Å². The number of halogens is 2. The highest BCUT2D eigenvalue weighted by Crippen LogP contribution is 2.27. The largest absolute Gasteiger partial charge is 0.367 e. The third kappa shape index (κ3) is 4.44. The number of hydrogen-bond acceptors (Lipinski definition) is 4. The van der Waals surface area contributed by atoms with Crippen LogP contribution in [0.5, 0.6) is 0 Å². The molecule has 1 amide bonds. The predicted octanol–water partition coefficient (Wildman–Crippen LogP) is 3.99. The van der Waals surface area contributed by atoms with Crippen LogP contribution in [0, 0.1) is 5.82 Å². The Morgan fingerprint density at radius 1 is 1.03 bits per heavy atom. The maximum absolute atomic E-state index is 14.7. The number of aromatic nitrogens is 2. The fraction of sp³-hybridized carbons (Fsp3) is 0.346. The molecule has 1 saturated heterocycles. The van der Waals surface area contributed by atoms with E-state index in [1.165, 1.54) is 6.07 Å². The fourth-order valence-corrected chi connectivity index (χ4v) is 5.20. The normalized spacial score (nSPS) is 15.8. The van der Waals surface area contributed by atoms with Gasteiger partial charge >= 0.3 is 0 Å². The molecule has 1 aliphatic carbocycles. The Bertz CT molecular complexity index is 1280. The standard InChI is InChI=1S/C26H26ClFN4O2/c27-21-7-3-4-8-24(21)31-11-13-32(14-12-31)26(34)20-15-17(9-10-22(20)28)16-23-18-5-1-2-6-19(18)25(33)30-29-23/h3-4,7-10,15H,1-2,5-6,11-14,16H2,(H,30,33). The van der Waals surface area contributed by atoms with E-state index in [9.17, 15) is 14.0 Å². The molecule has 2 aliphatic rings. The number of aromatic amines is 1. The molecule has 8 heteroatoms. The van der Waals surface area contributed by atoms with Crippen LogP contribution in [-0.2, 0) is 19.3 Å². The van der Waals surface area contributed by atoms with E-state index < -0.39 is 5.82 Å². The first-order valence-corrected chi connectivity index (χ1v) is 12.1. The van der Waals surface area contributed by atoms with Crippen molar-refractivity contribution in [2.24, 2.45) is 0 Å². The van der Waals surface area contributed by atoms with Crippen molar-refractivity contribution in [2.75, 3.05) is 31.1 Å². The molecule has 176 valence electrons. The van der Waals surface area contributed by atoms with Crippen LogP contribution in [0.25, 0.3) is 0 Å². The number of amides is 1. The van der Waals surface area contributed by atoms with E-state index in [1.807, 2.05) is 24.3 Å². The van der Waals surface area contributed by atoms with Crippen molar-refractivity contribution in [2.45, 2.75) is 32.1 Å². The van der Waals surface area contributed by atoms with Crippen LogP contribution in [0.1, 0.15) is 45.6 Å². The lowest BCUT2D eigenvalue weighted by Gasteiger charge is -2.36. The molecule has 6 nitrogen and oxygen atoms in total. The van der Waals surface area contributed by atoms with E-state index in [0.29, 0.717) is 37.6 Å². The number of rotatable bonds is 4. The average molecular weight is 481 g/mol. The molecular formula is C26H26ClFN4O2. The topological polar surface area (TPSA) is 69.3 Å². The van der Waals surface area contributed by atoms with Gasteiger partial charge in [0.15, 0.2) is 0 Å². The highest BCUT2D eigenvalue weighted by Gasteiger charge is 2.26. The van der Waals surface area contributed by atoms with Gasteiger partial charge in [-0.05, 0) is 61.1 Å². The van der Waals surface area contributed by atoms with E-state index in [0.717, 1.165) is 53.8 Å². The summed E-state index contributed by atoms with van der Waals surface area (Å²) in [5.74, 6) is -0.839. The van der Waals surface area contributed by atoms with Gasteiger partial charge in [-0.3, -0.25) is 9.59 Å². The Balaban J connectivity index is 1.32. The quantitative estimate of drug-likeness (QED) is 0.613. The number of fused-ring (bicyclic) bond motifs is 1. The highest BCUT2D eigenvalue weighted by molar-refractivity contribution is 6.33. The number of carbonyl (C=O) groups is 1. The van der Waals surface area contributed by atoms with Crippen LogP contribution in [0.3, 0.4) is 0 Å². The Hall–Kier alpha value is -3.19. The lowest BCUT2D eigenvalue weighted by atomic mass is 9.90. The van der Waals surface area contributed by atoms with E-state index in [2.05, 4.69) is 15.1 Å². The molecule has 5 rings (SSSR count). The van der Waals surface area contributed by atoms with Crippen LogP contribution >= 0.6 is 11.6 Å². The lowest BCUT2D eigenvalue weighted by Crippen LogP contribution is -2.49. The highest BCUT2D eigenvalue weighted by atomic mass is 35.5. The van der Waals surface area contributed by atoms with Gasteiger partial charge in [0.2, 0.25) is 0 Å². The van der Waals surface area contributed by atoms with Gasteiger partial charge in [0, 0.05) is 38.2 Å². The predicted molar refractivity (Wildman–Crippen MR) is 130 cm³/mol. The molecule has 0 radical (unpaired) electrons. The number of para-hydroxylation sites is 1. The second-order valence-electron chi connectivity index (χ2n) is 8.89. The van der Waals surface area contributed by atoms with E-state index in [-0.39, 0.29) is 17.0 Å². The molecule has 1 fully saturated rings. The van der Waals surface area contributed by atoms with E-state index >= 15 is 0 Å². The molecule has 1 N–H and O–H groups in total. The second kappa shape index (κ2) is 9.58. The molecule has 0 saturated carbocycles. The Kier molecular flexibility index (Phi) is 6.37. The molecule has 0 bridgehead atoms. The van der Waals surface area contributed by atoms with Gasteiger partial charge < -0.3 is 9.80 Å². The van der Waals surface area contributed by atoms with Gasteiger partial charge in [0.1, 0.15) is 5.82 Å². The van der Waals surface area contributed by atoms with Crippen molar-refractivity contribution in [3.63, 3.8) is 0 Å². The number of nitrogens with one attached hydrogen (secondary N) is 1. The molecule has 0 spiro atoms. The van der Waals surface area contributed by atoms with Crippen LogP contribution in [0.2, 0.25) is 5.02 Å². The zero-order valence-corrected chi connectivity index (χ0v) is 19.6. The molecule has 3 aromatic rings. The Morgan fingerprint density at radius 3 is 2.53 bits per heavy atom. The monoisotopic (exact) mass is 480 g/mol. The molecular weight excluding hydrogens is 455 g/mol. The van der Waals surface area contributed by atoms with Gasteiger partial charge in [-0.15, -0.1) is 0 Å². The minimum absolute atomic E-state index is 0.0713. The van der Waals surface area contributed by atoms with Crippen LogP contribution in [0.4, 0.5) is 10.1 Å². The Labute approximate surface area is 202 Å². The van der Waals surface area contributed by atoms with E-state index in [4.69, 9.17) is 11.6 Å². The minimum atomic E-state index is -0.529. The second-order valence-corrected chi connectivity index (χ2v) is 9.29. The third-order valence-corrected chi connectivity index (χ3v) is 7.10. The van der Waals surface area contributed by atoms with Crippen molar-refractivity contribution in [1.82, 2.24) is 15.1 Å². The molecule has 2 aromatic carbocycles. The molecule has 0 unspecified atom stereocenters. The van der Waals surface area contributed by atoms with Crippen LogP contribution < -0.4 is 10.5 Å². The first-order chi connectivity index (χ1) is 16.5.